The van der Waals surface area contributed by atoms with E-state index in [9.17, 15) is 24.0 Å². The Labute approximate surface area is 478 Å². The second-order valence-corrected chi connectivity index (χ2v) is 22.0. The molecule has 13 rings (SSSR count). The third kappa shape index (κ3) is 9.20. The first-order valence-corrected chi connectivity index (χ1v) is 28.5. The van der Waals surface area contributed by atoms with Crippen molar-refractivity contribution in [3.05, 3.63) is 128 Å². The SMILES string of the molecule is CCc1c2c(nc3ccc(OC(=O)N4CCC(N5CCCCC5)CC4)cc13)-c1cc3c(c(=O)n1C2)COC(=O)C3(CC)OCOc1ccc(C(=O)OC2c3cc4c(cc3[C@@H](c3cc(OC)c(OC)c(OC)c3)[C@H]3C(=O)OC[C@H]23)OCO4)cc1. The number of methoxy groups -OCH3 is 3. The minimum atomic E-state index is -1.71. The molecule has 0 spiro atoms. The number of hydrogen-bond acceptors (Lipinski definition) is 18. The second-order valence-electron chi connectivity index (χ2n) is 22.0. The van der Waals surface area contributed by atoms with Gasteiger partial charge in [-0.25, -0.2) is 19.4 Å². The average Bonchev–Trinajstić information content (AvgIpc) is 4.36. The number of rotatable bonds is 14. The zero-order valence-electron chi connectivity index (χ0n) is 46.9. The Balaban J connectivity index is 0.715. The van der Waals surface area contributed by atoms with Gasteiger partial charge in [0.1, 0.15) is 24.2 Å². The first kappa shape index (κ1) is 53.9. The van der Waals surface area contributed by atoms with Crippen molar-refractivity contribution in [3.8, 4) is 51.6 Å². The van der Waals surface area contributed by atoms with Crippen molar-refractivity contribution in [1.82, 2.24) is 19.4 Å². The van der Waals surface area contributed by atoms with Crippen molar-refractivity contribution in [2.24, 2.45) is 11.8 Å². The van der Waals surface area contributed by atoms with Crippen LogP contribution in [0.4, 0.5) is 4.79 Å². The summed E-state index contributed by atoms with van der Waals surface area (Å²) in [5, 5.41) is 0.833. The van der Waals surface area contributed by atoms with Gasteiger partial charge in [-0.1, -0.05) is 20.3 Å². The topological polar surface area (TPSA) is 211 Å². The number of amides is 1. The van der Waals surface area contributed by atoms with E-state index in [1.54, 1.807) is 64.9 Å². The molecule has 83 heavy (non-hydrogen) atoms. The summed E-state index contributed by atoms with van der Waals surface area (Å²) in [5.41, 5.74) is 4.55. The fourth-order valence-corrected chi connectivity index (χ4v) is 13.7. The lowest BCUT2D eigenvalue weighted by molar-refractivity contribution is -0.191. The standard InChI is InChI=1S/C63H64N4O16/c1-6-39-40-25-38(82-62(72)66-21-17-36(18-22-66)65-19-9-8-10-20-65)15-16-47(40)64-55-43(39)29-67-48(55)28-46-44(58(67)68)30-77-61(71)63(46,7-2)81-33-78-37-13-11-34(12-14-37)59(69)83-56-42-27-50-49(79-32-80-50)26-41(42)53(54-45(56)31-76-60(54)70)35-23-51(73-3)57(75-5)52(24-35)74-4/h11-16,23-28,36,45,53-54,56H,6-10,17-22,29-33H2,1-5H3/t45-,53+,54-,56?,63?/m0/s1. The minimum Gasteiger partial charge on any atom is -0.493 e. The number of carbonyl (C=O) groups is 4. The molecule has 1 aliphatic carbocycles. The number of fused-ring (bicyclic) bond motifs is 8. The minimum absolute atomic E-state index is 0.000572. The number of pyridine rings is 2. The zero-order valence-corrected chi connectivity index (χ0v) is 46.9. The average molecular weight is 1130 g/mol. The van der Waals surface area contributed by atoms with Crippen molar-refractivity contribution in [1.29, 1.82) is 0 Å². The molecule has 0 N–H and O–H groups in total. The summed E-state index contributed by atoms with van der Waals surface area (Å²) in [6, 6.07) is 21.2. The lowest BCUT2D eigenvalue weighted by Gasteiger charge is -2.39. The third-order valence-electron chi connectivity index (χ3n) is 18.0. The fraction of sp³-hybridized carbons (Fsp3) is 0.429. The zero-order chi connectivity index (χ0) is 57.3. The van der Waals surface area contributed by atoms with Gasteiger partial charge in [0.05, 0.1) is 68.4 Å². The highest BCUT2D eigenvalue weighted by Crippen LogP contribution is 2.57. The fourth-order valence-electron chi connectivity index (χ4n) is 13.7. The largest absolute Gasteiger partial charge is 0.493 e. The van der Waals surface area contributed by atoms with E-state index in [0.717, 1.165) is 42.4 Å². The van der Waals surface area contributed by atoms with Crippen LogP contribution in [0.1, 0.15) is 114 Å². The highest BCUT2D eigenvalue weighted by atomic mass is 16.7. The van der Waals surface area contributed by atoms with E-state index < -0.39 is 54.2 Å². The first-order valence-electron chi connectivity index (χ1n) is 28.5. The number of esters is 3. The number of benzene rings is 4. The van der Waals surface area contributed by atoms with Crippen LogP contribution < -0.4 is 38.7 Å². The lowest BCUT2D eigenvalue weighted by Crippen LogP contribution is -2.48. The number of hydrogen-bond donors (Lipinski definition) is 0. The maximum atomic E-state index is 14.5. The molecule has 2 unspecified atom stereocenters. The van der Waals surface area contributed by atoms with E-state index in [1.807, 2.05) is 31.2 Å². The number of cyclic esters (lactones) is 2. The summed E-state index contributed by atoms with van der Waals surface area (Å²) >= 11 is 0. The van der Waals surface area contributed by atoms with E-state index in [0.29, 0.717) is 111 Å². The molecule has 7 aliphatic rings. The van der Waals surface area contributed by atoms with Crippen molar-refractivity contribution in [2.75, 3.05) is 67.7 Å². The van der Waals surface area contributed by atoms with Gasteiger partial charge in [0.15, 0.2) is 35.4 Å². The summed E-state index contributed by atoms with van der Waals surface area (Å²) < 4.78 is 66.5. The van der Waals surface area contributed by atoms with E-state index in [-0.39, 0.29) is 50.2 Å². The van der Waals surface area contributed by atoms with Crippen LogP contribution in [0.2, 0.25) is 0 Å². The maximum absolute atomic E-state index is 14.5. The number of nitrogens with zero attached hydrogens (tertiary/aromatic N) is 4. The molecular weight excluding hydrogens is 1070 g/mol. The molecule has 20 nitrogen and oxygen atoms in total. The molecule has 4 aromatic carbocycles. The van der Waals surface area contributed by atoms with Gasteiger partial charge in [-0.15, -0.1) is 0 Å². The van der Waals surface area contributed by atoms with Gasteiger partial charge in [-0.2, -0.15) is 0 Å². The molecule has 6 aromatic rings. The molecule has 1 amide bonds. The molecule has 20 heteroatoms. The Bertz CT molecular complexity index is 3640. The van der Waals surface area contributed by atoms with Gasteiger partial charge in [-0.05, 0) is 141 Å². The predicted molar refractivity (Wildman–Crippen MR) is 297 cm³/mol. The molecule has 0 radical (unpaired) electrons. The van der Waals surface area contributed by atoms with Crippen molar-refractivity contribution >= 4 is 34.9 Å². The Morgan fingerprint density at radius 2 is 1.49 bits per heavy atom. The van der Waals surface area contributed by atoms with Crippen LogP contribution in [-0.2, 0) is 53.7 Å². The Morgan fingerprint density at radius 3 is 2.19 bits per heavy atom. The van der Waals surface area contributed by atoms with Crippen molar-refractivity contribution in [3.63, 3.8) is 0 Å². The van der Waals surface area contributed by atoms with E-state index in [2.05, 4.69) is 4.90 Å². The van der Waals surface area contributed by atoms with Gasteiger partial charge in [0, 0.05) is 53.0 Å². The number of ether oxygens (including phenoxy) is 11. The number of aromatic nitrogens is 2. The Kier molecular flexibility index (Phi) is 14.1. The van der Waals surface area contributed by atoms with Crippen LogP contribution in [0.5, 0.6) is 40.2 Å². The van der Waals surface area contributed by atoms with E-state index >= 15 is 0 Å². The highest BCUT2D eigenvalue weighted by molar-refractivity contribution is 5.91. The first-order chi connectivity index (χ1) is 40.4. The summed E-state index contributed by atoms with van der Waals surface area (Å²) in [6.45, 7) is 7.01. The van der Waals surface area contributed by atoms with Gasteiger partial charge in [0.2, 0.25) is 12.5 Å². The van der Waals surface area contributed by atoms with Crippen LogP contribution >= 0.6 is 0 Å². The molecule has 432 valence electrons. The van der Waals surface area contributed by atoms with Crippen LogP contribution in [0.15, 0.2) is 77.6 Å². The molecule has 0 saturated carbocycles. The quantitative estimate of drug-likeness (QED) is 0.0566. The molecule has 2 aromatic heterocycles. The van der Waals surface area contributed by atoms with E-state index in [1.165, 1.54) is 40.6 Å². The molecule has 5 atom stereocenters. The highest BCUT2D eigenvalue weighted by Gasteiger charge is 2.55. The lowest BCUT2D eigenvalue weighted by atomic mass is 9.66. The van der Waals surface area contributed by atoms with E-state index in [4.69, 9.17) is 57.1 Å². The summed E-state index contributed by atoms with van der Waals surface area (Å²) in [4.78, 5) is 79.4. The molecule has 6 aliphatic heterocycles. The smallest absolute Gasteiger partial charge is 0.415 e. The summed E-state index contributed by atoms with van der Waals surface area (Å²) in [5.74, 6) is -0.803. The second kappa shape index (κ2) is 21.8. The number of carbonyl (C=O) groups excluding carboxylic acids is 4. The molecule has 8 heterocycles. The van der Waals surface area contributed by atoms with Crippen molar-refractivity contribution < 1.29 is 71.3 Å². The van der Waals surface area contributed by atoms with Crippen LogP contribution in [0.3, 0.4) is 0 Å². The summed E-state index contributed by atoms with van der Waals surface area (Å²) in [6.07, 6.45) is 5.09. The number of piperidine rings is 2. The van der Waals surface area contributed by atoms with Crippen molar-refractivity contribution in [2.45, 2.75) is 95.6 Å². The van der Waals surface area contributed by atoms with Crippen LogP contribution in [0, 0.1) is 11.8 Å². The van der Waals surface area contributed by atoms with Gasteiger partial charge in [-0.3, -0.25) is 9.59 Å². The van der Waals surface area contributed by atoms with Crippen LogP contribution in [-0.4, -0.2) is 117 Å². The third-order valence-corrected chi connectivity index (χ3v) is 18.0. The Hall–Kier alpha value is -8.36. The van der Waals surface area contributed by atoms with Gasteiger partial charge in [0.25, 0.3) is 5.56 Å². The Morgan fingerprint density at radius 1 is 0.771 bits per heavy atom. The monoisotopic (exact) mass is 1130 g/mol. The maximum Gasteiger partial charge on any atom is 0.415 e. The van der Waals surface area contributed by atoms with Crippen LogP contribution in [0.25, 0.3) is 22.3 Å². The normalized spacial score (nSPS) is 22.3. The number of aryl methyl sites for hydroxylation is 1. The molecule has 3 saturated heterocycles. The van der Waals surface area contributed by atoms with Gasteiger partial charge >= 0.3 is 24.0 Å². The summed E-state index contributed by atoms with van der Waals surface area (Å²) in [7, 11) is 4.55. The molecular formula is C63H64N4O16. The molecule has 3 fully saturated rings. The number of likely N-dealkylation sites (tertiary alicyclic amines) is 2. The van der Waals surface area contributed by atoms with Gasteiger partial charge < -0.3 is 66.5 Å². The molecule has 0 bridgehead atoms. The predicted octanol–water partition coefficient (Wildman–Crippen LogP) is 8.74.